The molecule has 0 N–H and O–H groups in total. The number of amides is 1. The van der Waals surface area contributed by atoms with Gasteiger partial charge < -0.3 is 14.5 Å². The first kappa shape index (κ1) is 15.7. The normalized spacial score (nSPS) is 25.9. The molecule has 0 saturated carbocycles. The Balaban J connectivity index is 1.51. The smallest absolute Gasteiger partial charge is 0.410 e. The SMILES string of the molecule is CCOC(=O)N1C2CCC1CC(N(C)c1nc3ccccc3s1)C2. The predicted octanol–water partition coefficient (Wildman–Crippen LogP) is 3.88. The zero-order chi connectivity index (χ0) is 16.7. The molecule has 4 rings (SSSR count). The standard InChI is InChI=1S/C18H23N3O2S/c1-3-23-18(22)21-12-8-9-13(21)11-14(10-12)20(2)17-19-15-6-4-5-7-16(15)24-17/h4-7,12-14H,3,8-11H2,1-2H3. The number of piperidine rings is 1. The Morgan fingerprint density at radius 3 is 2.71 bits per heavy atom. The van der Waals surface area contributed by atoms with Crippen molar-refractivity contribution in [3.8, 4) is 0 Å². The minimum absolute atomic E-state index is 0.133. The van der Waals surface area contributed by atoms with Gasteiger partial charge in [0.1, 0.15) is 0 Å². The van der Waals surface area contributed by atoms with Gasteiger partial charge in [0, 0.05) is 25.2 Å². The number of thiazole rings is 1. The van der Waals surface area contributed by atoms with Crippen LogP contribution in [0.15, 0.2) is 24.3 Å². The lowest BCUT2D eigenvalue weighted by Gasteiger charge is -2.41. The second-order valence-corrected chi connectivity index (χ2v) is 7.70. The monoisotopic (exact) mass is 345 g/mol. The highest BCUT2D eigenvalue weighted by molar-refractivity contribution is 7.22. The Labute approximate surface area is 146 Å². The van der Waals surface area contributed by atoms with E-state index in [1.54, 1.807) is 11.3 Å². The average molecular weight is 345 g/mol. The second kappa shape index (κ2) is 6.24. The van der Waals surface area contributed by atoms with Crippen LogP contribution in [0.2, 0.25) is 0 Å². The summed E-state index contributed by atoms with van der Waals surface area (Å²) in [5, 5.41) is 1.07. The van der Waals surface area contributed by atoms with Crippen LogP contribution in [0.1, 0.15) is 32.6 Å². The van der Waals surface area contributed by atoms with Crippen molar-refractivity contribution in [1.29, 1.82) is 0 Å². The number of hydrogen-bond acceptors (Lipinski definition) is 5. The van der Waals surface area contributed by atoms with Gasteiger partial charge in [-0.25, -0.2) is 9.78 Å². The Morgan fingerprint density at radius 2 is 2.04 bits per heavy atom. The number of anilines is 1. The Bertz CT molecular complexity index is 700. The molecule has 5 nitrogen and oxygen atoms in total. The van der Waals surface area contributed by atoms with E-state index in [1.165, 1.54) is 4.70 Å². The van der Waals surface area contributed by atoms with Gasteiger partial charge in [-0.05, 0) is 44.7 Å². The van der Waals surface area contributed by atoms with E-state index in [2.05, 4.69) is 30.1 Å². The number of carbonyl (C=O) groups is 1. The molecule has 0 radical (unpaired) electrons. The number of nitrogens with zero attached hydrogens (tertiary/aromatic N) is 3. The van der Waals surface area contributed by atoms with E-state index in [0.29, 0.717) is 24.7 Å². The second-order valence-electron chi connectivity index (χ2n) is 6.69. The first-order chi connectivity index (χ1) is 11.7. The molecule has 2 atom stereocenters. The maximum absolute atomic E-state index is 12.2. The Morgan fingerprint density at radius 1 is 1.33 bits per heavy atom. The minimum atomic E-state index is -0.133. The molecular weight excluding hydrogens is 322 g/mol. The molecule has 2 saturated heterocycles. The summed E-state index contributed by atoms with van der Waals surface area (Å²) in [5.41, 5.74) is 1.07. The minimum Gasteiger partial charge on any atom is -0.450 e. The zero-order valence-electron chi connectivity index (χ0n) is 14.1. The van der Waals surface area contributed by atoms with Crippen LogP contribution >= 0.6 is 11.3 Å². The van der Waals surface area contributed by atoms with Gasteiger partial charge in [-0.15, -0.1) is 0 Å². The van der Waals surface area contributed by atoms with Crippen molar-refractivity contribution >= 4 is 32.8 Å². The van der Waals surface area contributed by atoms with Crippen molar-refractivity contribution in [3.05, 3.63) is 24.3 Å². The lowest BCUT2D eigenvalue weighted by Crippen LogP contribution is -2.52. The number of benzene rings is 1. The first-order valence-corrected chi connectivity index (χ1v) is 9.52. The van der Waals surface area contributed by atoms with Crippen LogP contribution in [0.5, 0.6) is 0 Å². The molecule has 1 amide bonds. The van der Waals surface area contributed by atoms with Gasteiger partial charge in [0.25, 0.3) is 0 Å². The van der Waals surface area contributed by atoms with Crippen molar-refractivity contribution in [1.82, 2.24) is 9.88 Å². The van der Waals surface area contributed by atoms with E-state index in [9.17, 15) is 4.79 Å². The quantitative estimate of drug-likeness (QED) is 0.847. The highest BCUT2D eigenvalue weighted by atomic mass is 32.1. The maximum atomic E-state index is 12.2. The zero-order valence-corrected chi connectivity index (χ0v) is 15.0. The average Bonchev–Trinajstić information content (AvgIpc) is 3.13. The molecule has 2 aromatic rings. The summed E-state index contributed by atoms with van der Waals surface area (Å²) in [6.45, 7) is 2.32. The number of rotatable bonds is 3. The fourth-order valence-electron chi connectivity index (χ4n) is 4.13. The van der Waals surface area contributed by atoms with Crippen LogP contribution < -0.4 is 4.90 Å². The number of carbonyl (C=O) groups excluding carboxylic acids is 1. The molecule has 0 aliphatic carbocycles. The van der Waals surface area contributed by atoms with Crippen LogP contribution in [0, 0.1) is 0 Å². The third kappa shape index (κ3) is 2.62. The molecule has 3 heterocycles. The van der Waals surface area contributed by atoms with Crippen molar-refractivity contribution in [2.24, 2.45) is 0 Å². The topological polar surface area (TPSA) is 45.7 Å². The fourth-order valence-corrected chi connectivity index (χ4v) is 5.13. The lowest BCUT2D eigenvalue weighted by atomic mass is 9.97. The van der Waals surface area contributed by atoms with Gasteiger partial charge in [-0.1, -0.05) is 23.5 Å². The molecule has 2 aliphatic rings. The van der Waals surface area contributed by atoms with Gasteiger partial charge in [0.2, 0.25) is 0 Å². The molecule has 1 aromatic carbocycles. The summed E-state index contributed by atoms with van der Waals surface area (Å²) < 4.78 is 6.47. The lowest BCUT2D eigenvalue weighted by molar-refractivity contribution is 0.0691. The van der Waals surface area contributed by atoms with E-state index in [4.69, 9.17) is 9.72 Å². The fraction of sp³-hybridized carbons (Fsp3) is 0.556. The van der Waals surface area contributed by atoms with Crippen LogP contribution in [0.25, 0.3) is 10.2 Å². The van der Waals surface area contributed by atoms with E-state index >= 15 is 0 Å². The molecular formula is C18H23N3O2S. The third-order valence-electron chi connectivity index (χ3n) is 5.32. The van der Waals surface area contributed by atoms with Crippen molar-refractivity contribution in [2.75, 3.05) is 18.6 Å². The summed E-state index contributed by atoms with van der Waals surface area (Å²) in [5.74, 6) is 0. The van der Waals surface area contributed by atoms with Crippen LogP contribution in [0.4, 0.5) is 9.93 Å². The van der Waals surface area contributed by atoms with Gasteiger partial charge in [-0.2, -0.15) is 0 Å². The predicted molar refractivity (Wildman–Crippen MR) is 96.7 cm³/mol. The molecule has 2 unspecified atom stereocenters. The van der Waals surface area contributed by atoms with Crippen LogP contribution in [-0.4, -0.2) is 47.8 Å². The van der Waals surface area contributed by atoms with Gasteiger partial charge in [0.15, 0.2) is 5.13 Å². The number of para-hydroxylation sites is 1. The number of fused-ring (bicyclic) bond motifs is 3. The van der Waals surface area contributed by atoms with Crippen molar-refractivity contribution < 1.29 is 9.53 Å². The molecule has 2 fully saturated rings. The Kier molecular flexibility index (Phi) is 4.08. The summed E-state index contributed by atoms with van der Waals surface area (Å²) in [4.78, 5) is 21.3. The van der Waals surface area contributed by atoms with Crippen LogP contribution in [0.3, 0.4) is 0 Å². The molecule has 128 valence electrons. The molecule has 2 bridgehead atoms. The summed E-state index contributed by atoms with van der Waals surface area (Å²) in [7, 11) is 2.14. The third-order valence-corrected chi connectivity index (χ3v) is 6.45. The van der Waals surface area contributed by atoms with Gasteiger partial charge in [-0.3, -0.25) is 0 Å². The maximum Gasteiger partial charge on any atom is 0.410 e. The summed E-state index contributed by atoms with van der Waals surface area (Å²) in [6, 6.07) is 9.34. The molecule has 2 aliphatic heterocycles. The van der Waals surface area contributed by atoms with E-state index < -0.39 is 0 Å². The van der Waals surface area contributed by atoms with Crippen molar-refractivity contribution in [2.45, 2.75) is 50.7 Å². The number of hydrogen-bond donors (Lipinski definition) is 0. The van der Waals surface area contributed by atoms with E-state index in [1.807, 2.05) is 17.9 Å². The Hall–Kier alpha value is -1.82. The number of aromatic nitrogens is 1. The van der Waals surface area contributed by atoms with E-state index in [-0.39, 0.29) is 6.09 Å². The van der Waals surface area contributed by atoms with E-state index in [0.717, 1.165) is 36.3 Å². The van der Waals surface area contributed by atoms with Gasteiger partial charge in [0.05, 0.1) is 16.8 Å². The largest absolute Gasteiger partial charge is 0.450 e. The summed E-state index contributed by atoms with van der Waals surface area (Å²) in [6.07, 6.45) is 4.05. The molecule has 0 spiro atoms. The van der Waals surface area contributed by atoms with Gasteiger partial charge >= 0.3 is 6.09 Å². The first-order valence-electron chi connectivity index (χ1n) is 8.71. The van der Waals surface area contributed by atoms with Crippen molar-refractivity contribution in [3.63, 3.8) is 0 Å². The van der Waals surface area contributed by atoms with Crippen LogP contribution in [-0.2, 0) is 4.74 Å². The molecule has 24 heavy (non-hydrogen) atoms. The number of ether oxygens (including phenoxy) is 1. The highest BCUT2D eigenvalue weighted by Gasteiger charge is 2.45. The molecule has 1 aromatic heterocycles. The summed E-state index contributed by atoms with van der Waals surface area (Å²) >= 11 is 1.75. The molecule has 6 heteroatoms. The highest BCUT2D eigenvalue weighted by Crippen LogP contribution is 2.40.